The lowest BCUT2D eigenvalue weighted by Gasteiger charge is -2.36. The second-order valence-electron chi connectivity index (χ2n) is 7.15. The number of nitrogens with zero attached hydrogens (tertiary/aromatic N) is 3. The first-order valence-corrected chi connectivity index (χ1v) is 9.57. The molecular formula is C21H26N4O. The summed E-state index contributed by atoms with van der Waals surface area (Å²) in [5.41, 5.74) is 4.05. The molecule has 1 aromatic heterocycles. The van der Waals surface area contributed by atoms with E-state index >= 15 is 0 Å². The molecule has 4 rings (SSSR count). The number of aryl methyl sites for hydroxylation is 1. The van der Waals surface area contributed by atoms with E-state index in [-0.39, 0.29) is 6.03 Å². The molecule has 26 heavy (non-hydrogen) atoms. The van der Waals surface area contributed by atoms with Gasteiger partial charge in [0.05, 0.1) is 0 Å². The van der Waals surface area contributed by atoms with Crippen LogP contribution in [0.25, 0.3) is 0 Å². The number of carbonyl (C=O) groups excluding carboxylic acids is 1. The molecule has 1 unspecified atom stereocenters. The molecule has 1 aromatic carbocycles. The lowest BCUT2D eigenvalue weighted by Crippen LogP contribution is -2.52. The number of fused-ring (bicyclic) bond motifs is 1. The first-order valence-electron chi connectivity index (χ1n) is 9.57. The number of piperazine rings is 1. The van der Waals surface area contributed by atoms with Gasteiger partial charge in [-0.05, 0) is 42.5 Å². The lowest BCUT2D eigenvalue weighted by atomic mass is 9.83. The molecule has 5 heteroatoms. The van der Waals surface area contributed by atoms with Crippen LogP contribution in [0.15, 0.2) is 48.8 Å². The van der Waals surface area contributed by atoms with Gasteiger partial charge in [-0.25, -0.2) is 4.79 Å². The zero-order chi connectivity index (χ0) is 17.8. The molecule has 1 aliphatic carbocycles. The quantitative estimate of drug-likeness (QED) is 0.926. The Morgan fingerprint density at radius 1 is 1.08 bits per heavy atom. The predicted molar refractivity (Wildman–Crippen MR) is 104 cm³/mol. The van der Waals surface area contributed by atoms with E-state index in [4.69, 9.17) is 0 Å². The molecule has 0 bridgehead atoms. The number of pyridine rings is 1. The minimum Gasteiger partial charge on any atom is -0.368 e. The number of anilines is 1. The number of urea groups is 1. The van der Waals surface area contributed by atoms with Gasteiger partial charge in [-0.2, -0.15) is 0 Å². The monoisotopic (exact) mass is 350 g/mol. The minimum absolute atomic E-state index is 0.0717. The van der Waals surface area contributed by atoms with Crippen molar-refractivity contribution in [2.24, 2.45) is 0 Å². The maximum absolute atomic E-state index is 12.6. The van der Waals surface area contributed by atoms with Crippen molar-refractivity contribution >= 4 is 11.7 Å². The third kappa shape index (κ3) is 3.66. The van der Waals surface area contributed by atoms with E-state index < -0.39 is 0 Å². The number of amides is 2. The topological polar surface area (TPSA) is 48.5 Å². The predicted octanol–water partition coefficient (Wildman–Crippen LogP) is 3.03. The molecule has 0 saturated carbocycles. The van der Waals surface area contributed by atoms with Crippen molar-refractivity contribution in [2.45, 2.75) is 25.2 Å². The van der Waals surface area contributed by atoms with E-state index in [2.05, 4.69) is 39.5 Å². The van der Waals surface area contributed by atoms with E-state index in [1.165, 1.54) is 23.2 Å². The zero-order valence-electron chi connectivity index (χ0n) is 15.1. The second-order valence-corrected chi connectivity index (χ2v) is 7.15. The Kier molecular flexibility index (Phi) is 5.04. The summed E-state index contributed by atoms with van der Waals surface area (Å²) < 4.78 is 0. The largest absolute Gasteiger partial charge is 0.368 e. The van der Waals surface area contributed by atoms with Crippen molar-refractivity contribution in [1.29, 1.82) is 0 Å². The van der Waals surface area contributed by atoms with Gasteiger partial charge in [0.25, 0.3) is 0 Å². The normalized spacial score (nSPS) is 19.8. The van der Waals surface area contributed by atoms with E-state index in [0.717, 1.165) is 45.6 Å². The summed E-state index contributed by atoms with van der Waals surface area (Å²) in [5, 5.41) is 3.18. The van der Waals surface area contributed by atoms with E-state index in [1.54, 1.807) is 0 Å². The minimum atomic E-state index is 0.0717. The molecule has 2 heterocycles. The van der Waals surface area contributed by atoms with Crippen LogP contribution in [0.5, 0.6) is 0 Å². The SMILES string of the molecule is O=C(NCC1CCCc2ccccc21)N1CCN(c2ccncc2)CC1. The molecule has 136 valence electrons. The first-order chi connectivity index (χ1) is 12.8. The molecule has 0 radical (unpaired) electrons. The van der Waals surface area contributed by atoms with Gasteiger partial charge in [0.1, 0.15) is 0 Å². The summed E-state index contributed by atoms with van der Waals surface area (Å²) in [6.07, 6.45) is 7.17. The highest BCUT2D eigenvalue weighted by Gasteiger charge is 2.24. The highest BCUT2D eigenvalue weighted by atomic mass is 16.2. The number of aromatic nitrogens is 1. The van der Waals surface area contributed by atoms with Gasteiger partial charge in [-0.15, -0.1) is 0 Å². The van der Waals surface area contributed by atoms with Crippen LogP contribution >= 0.6 is 0 Å². The van der Waals surface area contributed by atoms with Crippen LogP contribution in [0.3, 0.4) is 0 Å². The van der Waals surface area contributed by atoms with Crippen LogP contribution in [0, 0.1) is 0 Å². The van der Waals surface area contributed by atoms with Crippen molar-refractivity contribution < 1.29 is 4.79 Å². The molecule has 1 N–H and O–H groups in total. The Bertz CT molecular complexity index is 741. The van der Waals surface area contributed by atoms with Crippen LogP contribution < -0.4 is 10.2 Å². The summed E-state index contributed by atoms with van der Waals surface area (Å²) in [7, 11) is 0. The van der Waals surface area contributed by atoms with Crippen molar-refractivity contribution in [3.05, 3.63) is 59.9 Å². The van der Waals surface area contributed by atoms with Crippen molar-refractivity contribution in [1.82, 2.24) is 15.2 Å². The average Bonchev–Trinajstić information content (AvgIpc) is 2.73. The van der Waals surface area contributed by atoms with E-state index in [0.29, 0.717) is 5.92 Å². The number of benzene rings is 1. The van der Waals surface area contributed by atoms with Crippen LogP contribution in [0.4, 0.5) is 10.5 Å². The summed E-state index contributed by atoms with van der Waals surface area (Å²) >= 11 is 0. The van der Waals surface area contributed by atoms with Gasteiger partial charge in [0.2, 0.25) is 0 Å². The second kappa shape index (κ2) is 7.77. The third-order valence-corrected chi connectivity index (χ3v) is 5.59. The fourth-order valence-corrected chi connectivity index (χ4v) is 4.11. The van der Waals surface area contributed by atoms with Crippen molar-refractivity contribution in [3.8, 4) is 0 Å². The third-order valence-electron chi connectivity index (χ3n) is 5.59. The summed E-state index contributed by atoms with van der Waals surface area (Å²) in [5.74, 6) is 0.446. The first kappa shape index (κ1) is 16.9. The highest BCUT2D eigenvalue weighted by molar-refractivity contribution is 5.74. The highest BCUT2D eigenvalue weighted by Crippen LogP contribution is 2.30. The van der Waals surface area contributed by atoms with Crippen LogP contribution in [0.2, 0.25) is 0 Å². The van der Waals surface area contributed by atoms with Crippen molar-refractivity contribution in [3.63, 3.8) is 0 Å². The summed E-state index contributed by atoms with van der Waals surface area (Å²) in [6, 6.07) is 12.8. The molecule has 2 aromatic rings. The van der Waals surface area contributed by atoms with Gasteiger partial charge in [-0.3, -0.25) is 4.98 Å². The molecule has 2 amide bonds. The van der Waals surface area contributed by atoms with E-state index in [1.807, 2.05) is 29.4 Å². The Labute approximate surface area is 155 Å². The van der Waals surface area contributed by atoms with Gasteiger partial charge >= 0.3 is 6.03 Å². The molecule has 1 aliphatic heterocycles. The maximum atomic E-state index is 12.6. The van der Waals surface area contributed by atoms with E-state index in [9.17, 15) is 4.79 Å². The van der Waals surface area contributed by atoms with Gasteiger partial charge in [-0.1, -0.05) is 24.3 Å². The Morgan fingerprint density at radius 3 is 2.65 bits per heavy atom. The summed E-state index contributed by atoms with van der Waals surface area (Å²) in [6.45, 7) is 3.98. The number of nitrogens with one attached hydrogen (secondary N) is 1. The van der Waals surface area contributed by atoms with Crippen LogP contribution in [-0.4, -0.2) is 48.6 Å². The summed E-state index contributed by atoms with van der Waals surface area (Å²) in [4.78, 5) is 20.9. The Morgan fingerprint density at radius 2 is 1.85 bits per heavy atom. The fourth-order valence-electron chi connectivity index (χ4n) is 4.11. The maximum Gasteiger partial charge on any atom is 0.317 e. The number of hydrogen-bond donors (Lipinski definition) is 1. The average molecular weight is 350 g/mol. The van der Waals surface area contributed by atoms with Crippen molar-refractivity contribution in [2.75, 3.05) is 37.6 Å². The molecular weight excluding hydrogens is 324 g/mol. The molecule has 2 aliphatic rings. The zero-order valence-corrected chi connectivity index (χ0v) is 15.1. The molecule has 1 atom stereocenters. The van der Waals surface area contributed by atoms with Gasteiger partial charge in [0.15, 0.2) is 0 Å². The lowest BCUT2D eigenvalue weighted by molar-refractivity contribution is 0.193. The standard InChI is InChI=1S/C21H26N4O/c26-21(23-16-18-6-3-5-17-4-1-2-7-20(17)18)25-14-12-24(13-15-25)19-8-10-22-11-9-19/h1-2,4,7-11,18H,3,5-6,12-16H2,(H,23,26). The van der Waals surface area contributed by atoms with Gasteiger partial charge < -0.3 is 15.1 Å². The Hall–Kier alpha value is -2.56. The smallest absolute Gasteiger partial charge is 0.317 e. The Balaban J connectivity index is 1.29. The number of carbonyl (C=O) groups is 1. The number of hydrogen-bond acceptors (Lipinski definition) is 3. The molecule has 1 saturated heterocycles. The van der Waals surface area contributed by atoms with Crippen LogP contribution in [0.1, 0.15) is 29.9 Å². The van der Waals surface area contributed by atoms with Crippen LogP contribution in [-0.2, 0) is 6.42 Å². The molecule has 5 nitrogen and oxygen atoms in total. The van der Waals surface area contributed by atoms with Gasteiger partial charge in [0, 0.05) is 56.7 Å². The fraction of sp³-hybridized carbons (Fsp3) is 0.429. The molecule has 0 spiro atoms. The molecule has 1 fully saturated rings. The number of rotatable bonds is 3.